The predicted molar refractivity (Wildman–Crippen MR) is 96.1 cm³/mol. The highest BCUT2D eigenvalue weighted by Crippen LogP contribution is 2.25. The molecule has 0 radical (unpaired) electrons. The molecule has 1 aromatic carbocycles. The number of hydrogen-bond donors (Lipinski definition) is 1. The fourth-order valence-electron chi connectivity index (χ4n) is 2.87. The summed E-state index contributed by atoms with van der Waals surface area (Å²) in [5.41, 5.74) is 0.771. The van der Waals surface area contributed by atoms with E-state index < -0.39 is 0 Å². The van der Waals surface area contributed by atoms with E-state index in [1.165, 1.54) is 11.3 Å². The van der Waals surface area contributed by atoms with Gasteiger partial charge in [0.15, 0.2) is 0 Å². The minimum absolute atomic E-state index is 0.0113. The molecule has 0 bridgehead atoms. The van der Waals surface area contributed by atoms with E-state index in [-0.39, 0.29) is 11.9 Å². The van der Waals surface area contributed by atoms with E-state index in [1.54, 1.807) is 7.11 Å². The number of methoxy groups -OCH3 is 1. The summed E-state index contributed by atoms with van der Waals surface area (Å²) < 4.78 is 10.5. The van der Waals surface area contributed by atoms with Crippen molar-refractivity contribution >= 4 is 22.9 Å². The number of carbonyl (C=O) groups excluding carboxylic acids is 1. The Kier molecular flexibility index (Phi) is 5.83. The van der Waals surface area contributed by atoms with Crippen LogP contribution in [0.1, 0.15) is 24.8 Å². The summed E-state index contributed by atoms with van der Waals surface area (Å²) in [5, 5.41) is 12.6. The average molecular weight is 362 g/mol. The number of aromatic nitrogens is 2. The molecule has 8 heteroatoms. The van der Waals surface area contributed by atoms with E-state index in [1.807, 2.05) is 31.2 Å². The second kappa shape index (κ2) is 8.26. The summed E-state index contributed by atoms with van der Waals surface area (Å²) >= 11 is 1.43. The van der Waals surface area contributed by atoms with Gasteiger partial charge in [-0.15, -0.1) is 10.2 Å². The van der Waals surface area contributed by atoms with Gasteiger partial charge in [-0.25, -0.2) is 0 Å². The van der Waals surface area contributed by atoms with Gasteiger partial charge in [-0.3, -0.25) is 9.69 Å². The predicted octanol–water partition coefficient (Wildman–Crippen LogP) is 2.55. The van der Waals surface area contributed by atoms with E-state index in [0.717, 1.165) is 35.8 Å². The highest BCUT2D eigenvalue weighted by molar-refractivity contribution is 7.13. The van der Waals surface area contributed by atoms with Crippen LogP contribution in [-0.2, 0) is 11.3 Å². The molecule has 2 heterocycles. The van der Waals surface area contributed by atoms with Crippen LogP contribution in [0.4, 0.5) is 5.69 Å². The van der Waals surface area contributed by atoms with E-state index in [4.69, 9.17) is 9.47 Å². The SMILES string of the molecule is CCOc1nnc(CN2CCCC2C(=O)Nc2ccc(OC)cc2)s1. The van der Waals surface area contributed by atoms with Gasteiger partial charge in [0.05, 0.1) is 26.3 Å². The quantitative estimate of drug-likeness (QED) is 0.816. The van der Waals surface area contributed by atoms with Crippen LogP contribution in [0.15, 0.2) is 24.3 Å². The summed E-state index contributed by atoms with van der Waals surface area (Å²) in [4.78, 5) is 14.8. The van der Waals surface area contributed by atoms with Crippen molar-refractivity contribution in [3.8, 4) is 10.9 Å². The first kappa shape index (κ1) is 17.6. The van der Waals surface area contributed by atoms with Crippen LogP contribution in [0.25, 0.3) is 0 Å². The molecule has 1 fully saturated rings. The maximum atomic E-state index is 12.6. The van der Waals surface area contributed by atoms with Crippen molar-refractivity contribution in [2.45, 2.75) is 32.4 Å². The third-order valence-corrected chi connectivity index (χ3v) is 4.90. The number of rotatable bonds is 7. The highest BCUT2D eigenvalue weighted by atomic mass is 32.1. The third kappa shape index (κ3) is 4.46. The zero-order chi connectivity index (χ0) is 17.6. The van der Waals surface area contributed by atoms with Crippen molar-refractivity contribution in [2.75, 3.05) is 25.6 Å². The van der Waals surface area contributed by atoms with E-state index in [2.05, 4.69) is 20.4 Å². The first-order valence-electron chi connectivity index (χ1n) is 8.33. The normalized spacial score (nSPS) is 17.4. The second-order valence-corrected chi connectivity index (χ2v) is 6.77. The molecule has 1 aliphatic rings. The van der Waals surface area contributed by atoms with Crippen molar-refractivity contribution in [3.63, 3.8) is 0 Å². The summed E-state index contributed by atoms with van der Waals surface area (Å²) in [6.07, 6.45) is 1.84. The molecule has 1 unspecified atom stereocenters. The fourth-order valence-corrected chi connectivity index (χ4v) is 3.64. The van der Waals surface area contributed by atoms with E-state index in [9.17, 15) is 4.79 Å². The molecule has 2 aromatic rings. The number of benzene rings is 1. The van der Waals surface area contributed by atoms with Crippen molar-refractivity contribution in [3.05, 3.63) is 29.3 Å². The minimum Gasteiger partial charge on any atom is -0.497 e. The van der Waals surface area contributed by atoms with Gasteiger partial charge in [-0.2, -0.15) is 0 Å². The number of hydrogen-bond acceptors (Lipinski definition) is 7. The number of anilines is 1. The molecule has 1 N–H and O–H groups in total. The Morgan fingerprint density at radius 2 is 2.16 bits per heavy atom. The number of carbonyl (C=O) groups is 1. The van der Waals surface area contributed by atoms with E-state index in [0.29, 0.717) is 18.3 Å². The highest BCUT2D eigenvalue weighted by Gasteiger charge is 2.31. The molecule has 1 aromatic heterocycles. The maximum absolute atomic E-state index is 12.6. The van der Waals surface area contributed by atoms with Crippen LogP contribution >= 0.6 is 11.3 Å². The van der Waals surface area contributed by atoms with Crippen LogP contribution in [0, 0.1) is 0 Å². The number of amides is 1. The topological polar surface area (TPSA) is 76.6 Å². The molecule has 1 atom stereocenters. The zero-order valence-corrected chi connectivity index (χ0v) is 15.2. The molecular weight excluding hydrogens is 340 g/mol. The zero-order valence-electron chi connectivity index (χ0n) is 14.4. The number of ether oxygens (including phenoxy) is 2. The Morgan fingerprint density at radius 3 is 2.88 bits per heavy atom. The summed E-state index contributed by atoms with van der Waals surface area (Å²) in [6.45, 7) is 3.99. The van der Waals surface area contributed by atoms with Gasteiger partial charge < -0.3 is 14.8 Å². The summed E-state index contributed by atoms with van der Waals surface area (Å²) in [5.74, 6) is 0.777. The molecule has 25 heavy (non-hydrogen) atoms. The van der Waals surface area contributed by atoms with Gasteiger partial charge in [0, 0.05) is 5.69 Å². The first-order valence-corrected chi connectivity index (χ1v) is 9.15. The van der Waals surface area contributed by atoms with Crippen molar-refractivity contribution < 1.29 is 14.3 Å². The van der Waals surface area contributed by atoms with Gasteiger partial charge in [0.2, 0.25) is 5.91 Å². The summed E-state index contributed by atoms with van der Waals surface area (Å²) in [6, 6.07) is 7.20. The van der Waals surface area contributed by atoms with E-state index >= 15 is 0 Å². The lowest BCUT2D eigenvalue weighted by molar-refractivity contribution is -0.120. The Bertz CT molecular complexity index is 704. The van der Waals surface area contributed by atoms with Crippen molar-refractivity contribution in [1.29, 1.82) is 0 Å². The number of likely N-dealkylation sites (tertiary alicyclic amines) is 1. The van der Waals surface area contributed by atoms with Crippen LogP contribution < -0.4 is 14.8 Å². The second-order valence-electron chi connectivity index (χ2n) is 5.74. The van der Waals surface area contributed by atoms with Crippen molar-refractivity contribution in [1.82, 2.24) is 15.1 Å². The van der Waals surface area contributed by atoms with Crippen LogP contribution in [0.2, 0.25) is 0 Å². The van der Waals surface area contributed by atoms with Gasteiger partial charge >= 0.3 is 0 Å². The Labute approximate surface area is 151 Å². The monoisotopic (exact) mass is 362 g/mol. The fraction of sp³-hybridized carbons (Fsp3) is 0.471. The molecule has 0 aliphatic carbocycles. The molecule has 1 saturated heterocycles. The van der Waals surface area contributed by atoms with Crippen LogP contribution in [-0.4, -0.2) is 47.3 Å². The van der Waals surface area contributed by atoms with Crippen molar-refractivity contribution in [2.24, 2.45) is 0 Å². The average Bonchev–Trinajstić information content (AvgIpc) is 3.26. The van der Waals surface area contributed by atoms with Gasteiger partial charge in [0.25, 0.3) is 5.19 Å². The van der Waals surface area contributed by atoms with Gasteiger partial charge in [-0.1, -0.05) is 11.3 Å². The largest absolute Gasteiger partial charge is 0.497 e. The van der Waals surface area contributed by atoms with Crippen LogP contribution in [0.5, 0.6) is 10.9 Å². The lowest BCUT2D eigenvalue weighted by atomic mass is 10.2. The molecule has 0 spiro atoms. The molecule has 1 aliphatic heterocycles. The Hall–Kier alpha value is -2.19. The standard InChI is InChI=1S/C17H22N4O3S/c1-3-24-17-20-19-15(25-17)11-21-10-4-5-14(21)16(22)18-12-6-8-13(23-2)9-7-12/h6-9,14H,3-5,10-11H2,1-2H3,(H,18,22). The molecule has 134 valence electrons. The molecule has 3 rings (SSSR count). The Balaban J connectivity index is 1.60. The molecule has 7 nitrogen and oxygen atoms in total. The minimum atomic E-state index is -0.151. The molecule has 0 saturated carbocycles. The molecule has 1 amide bonds. The number of nitrogens with one attached hydrogen (secondary N) is 1. The molecular formula is C17H22N4O3S. The first-order chi connectivity index (χ1) is 12.2. The van der Waals surface area contributed by atoms with Crippen LogP contribution in [0.3, 0.4) is 0 Å². The lowest BCUT2D eigenvalue weighted by Crippen LogP contribution is -2.39. The summed E-state index contributed by atoms with van der Waals surface area (Å²) in [7, 11) is 1.62. The smallest absolute Gasteiger partial charge is 0.294 e. The lowest BCUT2D eigenvalue weighted by Gasteiger charge is -2.22. The maximum Gasteiger partial charge on any atom is 0.294 e. The number of nitrogens with zero attached hydrogens (tertiary/aromatic N) is 3. The van der Waals surface area contributed by atoms with Gasteiger partial charge in [-0.05, 0) is 50.6 Å². The van der Waals surface area contributed by atoms with Gasteiger partial charge in [0.1, 0.15) is 10.8 Å². The Morgan fingerprint density at radius 1 is 1.36 bits per heavy atom. The third-order valence-electron chi connectivity index (χ3n) is 4.08.